The molecule has 1 aliphatic rings. The van der Waals surface area contributed by atoms with Gasteiger partial charge in [0.25, 0.3) is 0 Å². The quantitative estimate of drug-likeness (QED) is 0.750. The molecule has 1 heterocycles. The largest absolute Gasteiger partial charge is 0.464 e. The Bertz CT molecular complexity index is 532. The molecular weight excluding hydrogens is 310 g/mol. The molecule has 5 heteroatoms. The van der Waals surface area contributed by atoms with Crippen LogP contribution in [0.15, 0.2) is 30.3 Å². The van der Waals surface area contributed by atoms with Crippen molar-refractivity contribution in [3.05, 3.63) is 35.9 Å². The summed E-state index contributed by atoms with van der Waals surface area (Å²) in [7, 11) is 0. The zero-order valence-corrected chi connectivity index (χ0v) is 14.8. The van der Waals surface area contributed by atoms with E-state index in [1.807, 2.05) is 37.3 Å². The second kappa shape index (κ2) is 8.39. The lowest BCUT2D eigenvalue weighted by atomic mass is 10.1. The molecule has 2 unspecified atom stereocenters. The molecule has 1 amide bonds. The molecule has 2 rings (SSSR count). The Morgan fingerprint density at radius 2 is 2.00 bits per heavy atom. The van der Waals surface area contributed by atoms with Gasteiger partial charge in [0.05, 0.1) is 18.4 Å². The molecule has 0 N–H and O–H groups in total. The summed E-state index contributed by atoms with van der Waals surface area (Å²) in [6.45, 7) is 6.54. The van der Waals surface area contributed by atoms with E-state index >= 15 is 0 Å². The first-order valence-corrected chi connectivity index (χ1v) is 9.22. The molecule has 1 saturated heterocycles. The monoisotopic (exact) mass is 335 g/mol. The molecule has 0 saturated carbocycles. The summed E-state index contributed by atoms with van der Waals surface area (Å²) < 4.78 is 5.29. The van der Waals surface area contributed by atoms with Crippen molar-refractivity contribution in [1.29, 1.82) is 0 Å². The summed E-state index contributed by atoms with van der Waals surface area (Å²) in [6, 6.07) is 9.20. The van der Waals surface area contributed by atoms with Crippen LogP contribution in [0.2, 0.25) is 0 Å². The molecule has 0 spiro atoms. The van der Waals surface area contributed by atoms with E-state index in [4.69, 9.17) is 4.74 Å². The third-order valence-corrected chi connectivity index (χ3v) is 5.43. The van der Waals surface area contributed by atoms with Crippen molar-refractivity contribution < 1.29 is 14.3 Å². The molecule has 0 bridgehead atoms. The summed E-state index contributed by atoms with van der Waals surface area (Å²) in [5.74, 6) is 0.636. The van der Waals surface area contributed by atoms with Crippen molar-refractivity contribution in [1.82, 2.24) is 4.90 Å². The predicted octanol–water partition coefficient (Wildman–Crippen LogP) is 3.11. The van der Waals surface area contributed by atoms with Crippen LogP contribution in [0.4, 0.5) is 0 Å². The zero-order chi connectivity index (χ0) is 16.8. The average Bonchev–Trinajstić information content (AvgIpc) is 2.99. The summed E-state index contributed by atoms with van der Waals surface area (Å²) >= 11 is 1.67. The average molecular weight is 335 g/mol. The van der Waals surface area contributed by atoms with E-state index in [1.54, 1.807) is 16.7 Å². The number of amides is 1. The van der Waals surface area contributed by atoms with E-state index in [9.17, 15) is 9.59 Å². The summed E-state index contributed by atoms with van der Waals surface area (Å²) in [4.78, 5) is 26.9. The van der Waals surface area contributed by atoms with Crippen LogP contribution in [0.3, 0.4) is 0 Å². The molecule has 0 aromatic heterocycles. The molecule has 23 heavy (non-hydrogen) atoms. The maximum absolute atomic E-state index is 12.8. The Hall–Kier alpha value is -1.49. The molecule has 2 atom stereocenters. The van der Waals surface area contributed by atoms with Gasteiger partial charge in [-0.3, -0.25) is 4.79 Å². The van der Waals surface area contributed by atoms with Crippen molar-refractivity contribution >= 4 is 23.6 Å². The van der Waals surface area contributed by atoms with Crippen LogP contribution in [0, 0.1) is 5.92 Å². The number of ether oxygens (including phenoxy) is 1. The van der Waals surface area contributed by atoms with E-state index in [1.165, 1.54) is 0 Å². The topological polar surface area (TPSA) is 46.6 Å². The third-order valence-electron chi connectivity index (χ3n) is 3.81. The van der Waals surface area contributed by atoms with Crippen LogP contribution in [-0.4, -0.2) is 40.6 Å². The Kier molecular flexibility index (Phi) is 6.51. The fourth-order valence-corrected chi connectivity index (χ4v) is 4.19. The van der Waals surface area contributed by atoms with Crippen molar-refractivity contribution in [2.45, 2.75) is 45.0 Å². The SMILES string of the molecule is CCCOC(=O)C1CSC(C(C)C)N1C(=O)Cc1ccccc1. The fourth-order valence-electron chi connectivity index (χ4n) is 2.70. The number of thioether (sulfide) groups is 1. The maximum atomic E-state index is 12.8. The first-order valence-electron chi connectivity index (χ1n) is 8.18. The van der Waals surface area contributed by atoms with Gasteiger partial charge in [-0.15, -0.1) is 11.8 Å². The molecule has 0 aliphatic carbocycles. The van der Waals surface area contributed by atoms with Gasteiger partial charge >= 0.3 is 5.97 Å². The lowest BCUT2D eigenvalue weighted by Gasteiger charge is -2.30. The van der Waals surface area contributed by atoms with Gasteiger partial charge in [0, 0.05) is 5.75 Å². The van der Waals surface area contributed by atoms with E-state index < -0.39 is 6.04 Å². The standard InChI is InChI=1S/C18H25NO3S/c1-4-10-22-18(21)15-12-23-17(13(2)3)19(15)16(20)11-14-8-6-5-7-9-14/h5-9,13,15,17H,4,10-12H2,1-3H3. The van der Waals surface area contributed by atoms with Gasteiger partial charge in [-0.25, -0.2) is 4.79 Å². The highest BCUT2D eigenvalue weighted by molar-refractivity contribution is 8.00. The van der Waals surface area contributed by atoms with Gasteiger partial charge < -0.3 is 9.64 Å². The lowest BCUT2D eigenvalue weighted by molar-refractivity contribution is -0.154. The molecular formula is C18H25NO3S. The highest BCUT2D eigenvalue weighted by Gasteiger charge is 2.43. The number of benzene rings is 1. The zero-order valence-electron chi connectivity index (χ0n) is 14.0. The van der Waals surface area contributed by atoms with Gasteiger partial charge in [0.2, 0.25) is 5.91 Å². The molecule has 1 aromatic rings. The lowest BCUT2D eigenvalue weighted by Crippen LogP contribution is -2.48. The first kappa shape index (κ1) is 17.9. The van der Waals surface area contributed by atoms with Crippen molar-refractivity contribution in [3.63, 3.8) is 0 Å². The number of carbonyl (C=O) groups excluding carboxylic acids is 2. The summed E-state index contributed by atoms with van der Waals surface area (Å²) in [5.41, 5.74) is 0.970. The van der Waals surface area contributed by atoms with Crippen LogP contribution < -0.4 is 0 Å². The minimum atomic E-state index is -0.463. The van der Waals surface area contributed by atoms with Crippen molar-refractivity contribution in [3.8, 4) is 0 Å². The van der Waals surface area contributed by atoms with Gasteiger partial charge in [0.1, 0.15) is 6.04 Å². The van der Waals surface area contributed by atoms with Crippen LogP contribution in [0.1, 0.15) is 32.8 Å². The van der Waals surface area contributed by atoms with Crippen LogP contribution in [-0.2, 0) is 20.7 Å². The molecule has 4 nitrogen and oxygen atoms in total. The first-order chi connectivity index (χ1) is 11.0. The van der Waals surface area contributed by atoms with Gasteiger partial charge in [-0.05, 0) is 17.9 Å². The Labute approximate surface area is 142 Å². The molecule has 126 valence electrons. The maximum Gasteiger partial charge on any atom is 0.329 e. The second-order valence-corrected chi connectivity index (χ2v) is 7.26. The van der Waals surface area contributed by atoms with E-state index in [0.29, 0.717) is 24.7 Å². The Morgan fingerprint density at radius 1 is 1.30 bits per heavy atom. The normalized spacial score (nSPS) is 20.8. The fraction of sp³-hybridized carbons (Fsp3) is 0.556. The third kappa shape index (κ3) is 4.50. The number of rotatable bonds is 6. The minimum Gasteiger partial charge on any atom is -0.464 e. The van der Waals surface area contributed by atoms with E-state index in [2.05, 4.69) is 13.8 Å². The number of hydrogen-bond acceptors (Lipinski definition) is 4. The van der Waals surface area contributed by atoms with Crippen molar-refractivity contribution in [2.75, 3.05) is 12.4 Å². The van der Waals surface area contributed by atoms with Gasteiger partial charge in [0.15, 0.2) is 0 Å². The highest BCUT2D eigenvalue weighted by Crippen LogP contribution is 2.35. The van der Waals surface area contributed by atoms with Crippen LogP contribution >= 0.6 is 11.8 Å². The number of esters is 1. The summed E-state index contributed by atoms with van der Waals surface area (Å²) in [6.07, 6.45) is 1.11. The van der Waals surface area contributed by atoms with Crippen LogP contribution in [0.5, 0.6) is 0 Å². The van der Waals surface area contributed by atoms with Gasteiger partial charge in [-0.1, -0.05) is 51.1 Å². The molecule has 0 radical (unpaired) electrons. The number of carbonyl (C=O) groups is 2. The second-order valence-electron chi connectivity index (χ2n) is 6.11. The van der Waals surface area contributed by atoms with Gasteiger partial charge in [-0.2, -0.15) is 0 Å². The molecule has 1 aliphatic heterocycles. The highest BCUT2D eigenvalue weighted by atomic mass is 32.2. The van der Waals surface area contributed by atoms with Crippen LogP contribution in [0.25, 0.3) is 0 Å². The Balaban J connectivity index is 2.13. The summed E-state index contributed by atoms with van der Waals surface area (Å²) in [5, 5.41) is 0.0328. The smallest absolute Gasteiger partial charge is 0.329 e. The minimum absolute atomic E-state index is 0.00153. The van der Waals surface area contributed by atoms with Crippen molar-refractivity contribution in [2.24, 2.45) is 5.92 Å². The van der Waals surface area contributed by atoms with E-state index in [0.717, 1.165) is 12.0 Å². The number of nitrogens with zero attached hydrogens (tertiary/aromatic N) is 1. The Morgan fingerprint density at radius 3 is 2.61 bits per heavy atom. The predicted molar refractivity (Wildman–Crippen MR) is 93.1 cm³/mol. The van der Waals surface area contributed by atoms with E-state index in [-0.39, 0.29) is 17.3 Å². The molecule has 1 fully saturated rings. The molecule has 1 aromatic carbocycles. The number of hydrogen-bond donors (Lipinski definition) is 0.